The van der Waals surface area contributed by atoms with Crippen molar-refractivity contribution in [2.75, 3.05) is 6.61 Å². The summed E-state index contributed by atoms with van der Waals surface area (Å²) in [5.41, 5.74) is 4.01. The summed E-state index contributed by atoms with van der Waals surface area (Å²) >= 11 is 0. The van der Waals surface area contributed by atoms with Gasteiger partial charge in [-0.15, -0.1) is 0 Å². The lowest BCUT2D eigenvalue weighted by Crippen LogP contribution is -2.38. The zero-order valence-corrected chi connectivity index (χ0v) is 10.3. The minimum Gasteiger partial charge on any atom is -0.365 e. The molecular weight excluding hydrogens is 200 g/mol. The first-order chi connectivity index (χ1) is 7.53. The molecule has 0 aliphatic heterocycles. The highest BCUT2D eigenvalue weighted by atomic mass is 16.6. The quantitative estimate of drug-likeness (QED) is 0.793. The van der Waals surface area contributed by atoms with Crippen LogP contribution in [-0.2, 0) is 17.6 Å². The van der Waals surface area contributed by atoms with E-state index in [1.807, 2.05) is 6.92 Å². The summed E-state index contributed by atoms with van der Waals surface area (Å²) in [5.74, 6) is -0.814. The van der Waals surface area contributed by atoms with Gasteiger partial charge in [-0.1, -0.05) is 23.8 Å². The van der Waals surface area contributed by atoms with Crippen molar-refractivity contribution in [3.63, 3.8) is 0 Å². The van der Waals surface area contributed by atoms with Crippen LogP contribution in [0, 0.1) is 12.8 Å². The molecule has 0 saturated heterocycles. The van der Waals surface area contributed by atoms with Gasteiger partial charge in [0, 0.05) is 12.5 Å². The van der Waals surface area contributed by atoms with Crippen molar-refractivity contribution in [1.82, 2.24) is 0 Å². The normalized spacial score (nSPS) is 22.9. The molecule has 2 rings (SSSR count). The predicted octanol–water partition coefficient (Wildman–Crippen LogP) is 2.45. The van der Waals surface area contributed by atoms with E-state index in [0.717, 1.165) is 12.8 Å². The zero-order valence-electron chi connectivity index (χ0n) is 10.3. The molecule has 2 heteroatoms. The highest BCUT2D eigenvalue weighted by molar-refractivity contribution is 5.36. The molecule has 0 heterocycles. The molecule has 0 fully saturated rings. The maximum Gasteiger partial charge on any atom is 0.166 e. The van der Waals surface area contributed by atoms with Crippen LogP contribution >= 0.6 is 0 Å². The Balaban J connectivity index is 2.16. The SMILES string of the molecule is CCOC(C)(O)C1Cc2ccc(C)cc2C1. The van der Waals surface area contributed by atoms with Crippen LogP contribution in [-0.4, -0.2) is 17.5 Å². The van der Waals surface area contributed by atoms with Crippen molar-refractivity contribution < 1.29 is 9.84 Å². The molecule has 1 N–H and O–H groups in total. The van der Waals surface area contributed by atoms with E-state index in [9.17, 15) is 5.11 Å². The fourth-order valence-electron chi connectivity index (χ4n) is 2.54. The fraction of sp³-hybridized carbons (Fsp3) is 0.571. The van der Waals surface area contributed by atoms with Gasteiger partial charge in [0.2, 0.25) is 0 Å². The molecular formula is C14H20O2. The van der Waals surface area contributed by atoms with Crippen molar-refractivity contribution in [2.45, 2.75) is 39.4 Å². The number of aryl methyl sites for hydroxylation is 1. The van der Waals surface area contributed by atoms with Gasteiger partial charge in [0.25, 0.3) is 0 Å². The minimum absolute atomic E-state index is 0.184. The van der Waals surface area contributed by atoms with Gasteiger partial charge in [-0.25, -0.2) is 0 Å². The van der Waals surface area contributed by atoms with Crippen molar-refractivity contribution in [3.05, 3.63) is 34.9 Å². The Morgan fingerprint density at radius 2 is 2.06 bits per heavy atom. The van der Waals surface area contributed by atoms with Gasteiger partial charge in [0.15, 0.2) is 5.79 Å². The zero-order chi connectivity index (χ0) is 11.8. The molecule has 0 saturated carbocycles. The van der Waals surface area contributed by atoms with Crippen LogP contribution in [0.1, 0.15) is 30.5 Å². The molecule has 1 aliphatic rings. The molecule has 0 bridgehead atoms. The average molecular weight is 220 g/mol. The summed E-state index contributed by atoms with van der Waals surface area (Å²) in [7, 11) is 0. The summed E-state index contributed by atoms with van der Waals surface area (Å²) in [6.45, 7) is 6.35. The number of fused-ring (bicyclic) bond motifs is 1. The summed E-state index contributed by atoms with van der Waals surface area (Å²) in [6.07, 6.45) is 1.84. The second-order valence-corrected chi connectivity index (χ2v) is 4.86. The first kappa shape index (κ1) is 11.6. The van der Waals surface area contributed by atoms with E-state index in [4.69, 9.17) is 4.74 Å². The Labute approximate surface area is 97.3 Å². The lowest BCUT2D eigenvalue weighted by atomic mass is 9.97. The van der Waals surface area contributed by atoms with E-state index in [1.165, 1.54) is 16.7 Å². The van der Waals surface area contributed by atoms with Crippen LogP contribution in [0.25, 0.3) is 0 Å². The molecule has 1 aromatic rings. The smallest absolute Gasteiger partial charge is 0.166 e. The first-order valence-electron chi connectivity index (χ1n) is 5.97. The lowest BCUT2D eigenvalue weighted by molar-refractivity contribution is -0.219. The number of benzene rings is 1. The predicted molar refractivity (Wildman–Crippen MR) is 64.3 cm³/mol. The van der Waals surface area contributed by atoms with Crippen LogP contribution in [0.15, 0.2) is 18.2 Å². The van der Waals surface area contributed by atoms with E-state index in [-0.39, 0.29) is 5.92 Å². The van der Waals surface area contributed by atoms with Gasteiger partial charge in [-0.2, -0.15) is 0 Å². The second-order valence-electron chi connectivity index (χ2n) is 4.86. The molecule has 0 amide bonds. The molecule has 1 aliphatic carbocycles. The van der Waals surface area contributed by atoms with Crippen molar-refractivity contribution in [1.29, 1.82) is 0 Å². The first-order valence-corrected chi connectivity index (χ1v) is 5.97. The lowest BCUT2D eigenvalue weighted by Gasteiger charge is -2.29. The molecule has 0 aromatic heterocycles. The second kappa shape index (κ2) is 4.19. The van der Waals surface area contributed by atoms with Crippen LogP contribution in [0.5, 0.6) is 0 Å². The number of aliphatic hydroxyl groups is 1. The minimum atomic E-state index is -0.998. The summed E-state index contributed by atoms with van der Waals surface area (Å²) < 4.78 is 5.43. The highest BCUT2D eigenvalue weighted by Gasteiger charge is 2.36. The molecule has 1 aromatic carbocycles. The Morgan fingerprint density at radius 3 is 2.75 bits per heavy atom. The molecule has 2 unspecified atom stereocenters. The van der Waals surface area contributed by atoms with Crippen molar-refractivity contribution in [2.24, 2.45) is 5.92 Å². The Morgan fingerprint density at radius 1 is 1.38 bits per heavy atom. The van der Waals surface area contributed by atoms with Gasteiger partial charge >= 0.3 is 0 Å². The third kappa shape index (κ3) is 2.13. The van der Waals surface area contributed by atoms with E-state index >= 15 is 0 Å². The topological polar surface area (TPSA) is 29.5 Å². The van der Waals surface area contributed by atoms with E-state index in [1.54, 1.807) is 6.92 Å². The largest absolute Gasteiger partial charge is 0.365 e. The number of hydrogen-bond donors (Lipinski definition) is 1. The summed E-state index contributed by atoms with van der Waals surface area (Å²) in [6, 6.07) is 6.53. The van der Waals surface area contributed by atoms with Gasteiger partial charge in [-0.05, 0) is 44.7 Å². The molecule has 0 spiro atoms. The van der Waals surface area contributed by atoms with Crippen LogP contribution in [0.3, 0.4) is 0 Å². The molecule has 0 radical (unpaired) electrons. The van der Waals surface area contributed by atoms with Gasteiger partial charge < -0.3 is 9.84 Å². The summed E-state index contributed by atoms with van der Waals surface area (Å²) in [5, 5.41) is 10.2. The van der Waals surface area contributed by atoms with Gasteiger partial charge in [0.05, 0.1) is 0 Å². The van der Waals surface area contributed by atoms with E-state index < -0.39 is 5.79 Å². The standard InChI is InChI=1S/C14H20O2/c1-4-16-14(3,15)13-8-11-6-5-10(2)7-12(11)9-13/h5-7,13,15H,4,8-9H2,1-3H3. The average Bonchev–Trinajstić information content (AvgIpc) is 2.61. The van der Waals surface area contributed by atoms with E-state index in [0.29, 0.717) is 6.61 Å². The Kier molecular flexibility index (Phi) is 3.04. The molecule has 88 valence electrons. The number of ether oxygens (including phenoxy) is 1. The van der Waals surface area contributed by atoms with Crippen molar-refractivity contribution in [3.8, 4) is 0 Å². The van der Waals surface area contributed by atoms with Gasteiger partial charge in [-0.3, -0.25) is 0 Å². The monoisotopic (exact) mass is 220 g/mol. The molecule has 2 atom stereocenters. The van der Waals surface area contributed by atoms with E-state index in [2.05, 4.69) is 25.1 Å². The summed E-state index contributed by atoms with van der Waals surface area (Å²) in [4.78, 5) is 0. The Bertz CT molecular complexity index is 382. The maximum absolute atomic E-state index is 10.2. The Hall–Kier alpha value is -0.860. The van der Waals surface area contributed by atoms with Crippen LogP contribution < -0.4 is 0 Å². The third-order valence-corrected chi connectivity index (χ3v) is 3.49. The van der Waals surface area contributed by atoms with Crippen molar-refractivity contribution >= 4 is 0 Å². The van der Waals surface area contributed by atoms with Crippen LogP contribution in [0.2, 0.25) is 0 Å². The number of hydrogen-bond acceptors (Lipinski definition) is 2. The maximum atomic E-state index is 10.2. The van der Waals surface area contributed by atoms with Crippen LogP contribution in [0.4, 0.5) is 0 Å². The third-order valence-electron chi connectivity index (χ3n) is 3.49. The number of rotatable bonds is 3. The molecule has 16 heavy (non-hydrogen) atoms. The molecule has 2 nitrogen and oxygen atoms in total. The fourth-order valence-corrected chi connectivity index (χ4v) is 2.54. The van der Waals surface area contributed by atoms with Gasteiger partial charge in [0.1, 0.15) is 0 Å². The highest BCUT2D eigenvalue weighted by Crippen LogP contribution is 2.34.